The highest BCUT2D eigenvalue weighted by Gasteiger charge is 2.36. The zero-order valence-corrected chi connectivity index (χ0v) is 19.5. The van der Waals surface area contributed by atoms with Crippen LogP contribution in [0.2, 0.25) is 0 Å². The van der Waals surface area contributed by atoms with Gasteiger partial charge in [0.15, 0.2) is 11.5 Å². The second kappa shape index (κ2) is 11.8. The fourth-order valence-electron chi connectivity index (χ4n) is 4.21. The van der Waals surface area contributed by atoms with Gasteiger partial charge in [0.2, 0.25) is 0 Å². The summed E-state index contributed by atoms with van der Waals surface area (Å²) in [4.78, 5) is 47.4. The molecule has 0 bridgehead atoms. The van der Waals surface area contributed by atoms with E-state index in [1.807, 2.05) is 0 Å². The zero-order valence-electron chi connectivity index (χ0n) is 19.5. The summed E-state index contributed by atoms with van der Waals surface area (Å²) in [6, 6.07) is 3.09. The molecule has 9 nitrogen and oxygen atoms in total. The van der Waals surface area contributed by atoms with Gasteiger partial charge in [-0.05, 0) is 37.5 Å². The molecule has 1 aromatic rings. The number of carboxylic acid groups (broad SMARTS) is 1. The van der Waals surface area contributed by atoms with Gasteiger partial charge >= 0.3 is 23.9 Å². The first kappa shape index (κ1) is 26.3. The van der Waals surface area contributed by atoms with Crippen LogP contribution in [0, 0.1) is 11.8 Å². The Bertz CT molecular complexity index is 877. The van der Waals surface area contributed by atoms with Crippen molar-refractivity contribution >= 4 is 23.9 Å². The first-order valence-corrected chi connectivity index (χ1v) is 11.2. The van der Waals surface area contributed by atoms with Gasteiger partial charge in [-0.1, -0.05) is 32.3 Å². The highest BCUT2D eigenvalue weighted by atomic mass is 16.6. The summed E-state index contributed by atoms with van der Waals surface area (Å²) in [7, 11) is 0. The fourth-order valence-corrected chi connectivity index (χ4v) is 4.21. The SMILES string of the molecule is CC(=O)Oc1ccc(C(C(C)C(C)OC(=O)C2CCCCC2)[C@H](N)C(=O)O)cc1OC(C)=O. The Kier molecular flexibility index (Phi) is 9.40. The van der Waals surface area contributed by atoms with Crippen LogP contribution in [0.4, 0.5) is 0 Å². The number of hydrogen-bond donors (Lipinski definition) is 2. The third-order valence-electron chi connectivity index (χ3n) is 6.08. The number of ether oxygens (including phenoxy) is 3. The number of nitrogens with two attached hydrogens (primary N) is 1. The van der Waals surface area contributed by atoms with Gasteiger partial charge in [0.25, 0.3) is 0 Å². The van der Waals surface area contributed by atoms with Crippen molar-refractivity contribution in [3.05, 3.63) is 23.8 Å². The molecule has 1 aliphatic rings. The molecule has 0 aromatic heterocycles. The molecule has 0 radical (unpaired) electrons. The maximum Gasteiger partial charge on any atom is 0.321 e. The van der Waals surface area contributed by atoms with Crippen molar-refractivity contribution in [3.63, 3.8) is 0 Å². The lowest BCUT2D eigenvalue weighted by molar-refractivity contribution is -0.157. The van der Waals surface area contributed by atoms with Gasteiger partial charge in [0.1, 0.15) is 12.1 Å². The number of hydrogen-bond acceptors (Lipinski definition) is 8. The van der Waals surface area contributed by atoms with Gasteiger partial charge < -0.3 is 25.1 Å². The second-order valence-corrected chi connectivity index (χ2v) is 8.62. The molecule has 9 heteroatoms. The van der Waals surface area contributed by atoms with Crippen LogP contribution >= 0.6 is 0 Å². The predicted octanol–water partition coefficient (Wildman–Crippen LogP) is 3.18. The lowest BCUT2D eigenvalue weighted by Crippen LogP contribution is -2.43. The lowest BCUT2D eigenvalue weighted by atomic mass is 9.79. The van der Waals surface area contributed by atoms with Crippen molar-refractivity contribution in [1.29, 1.82) is 0 Å². The largest absolute Gasteiger partial charge is 0.480 e. The summed E-state index contributed by atoms with van der Waals surface area (Å²) in [6.07, 6.45) is 4.07. The molecule has 1 aliphatic carbocycles. The van der Waals surface area contributed by atoms with Crippen LogP contribution < -0.4 is 15.2 Å². The smallest absolute Gasteiger partial charge is 0.321 e. The van der Waals surface area contributed by atoms with Crippen LogP contribution in [-0.2, 0) is 23.9 Å². The molecule has 2 rings (SSSR count). The summed E-state index contributed by atoms with van der Waals surface area (Å²) in [5, 5.41) is 9.63. The molecule has 1 saturated carbocycles. The summed E-state index contributed by atoms with van der Waals surface area (Å²) >= 11 is 0. The second-order valence-electron chi connectivity index (χ2n) is 8.62. The number of carboxylic acids is 1. The lowest BCUT2D eigenvalue weighted by Gasteiger charge is -2.33. The van der Waals surface area contributed by atoms with Crippen molar-refractivity contribution < 1.29 is 38.5 Å². The molecular formula is C24H33NO8. The minimum Gasteiger partial charge on any atom is -0.480 e. The highest BCUT2D eigenvalue weighted by Crippen LogP contribution is 2.37. The topological polar surface area (TPSA) is 142 Å². The third kappa shape index (κ3) is 7.28. The standard InChI is InChI=1S/C24H33NO8/c1-13(14(2)31-24(30)17-8-6-5-7-9-17)21(22(25)23(28)29)18-10-11-19(32-15(3)26)20(12-18)33-16(4)27/h10-14,17,21-22H,5-9,25H2,1-4H3,(H,28,29)/t13?,14?,21?,22-/m0/s1. The van der Waals surface area contributed by atoms with Crippen molar-refractivity contribution in [2.75, 3.05) is 0 Å². The van der Waals surface area contributed by atoms with Crippen molar-refractivity contribution in [1.82, 2.24) is 0 Å². The monoisotopic (exact) mass is 463 g/mol. The van der Waals surface area contributed by atoms with Crippen molar-refractivity contribution in [2.24, 2.45) is 17.6 Å². The molecule has 0 spiro atoms. The zero-order chi connectivity index (χ0) is 24.7. The van der Waals surface area contributed by atoms with E-state index in [-0.39, 0.29) is 23.4 Å². The molecule has 33 heavy (non-hydrogen) atoms. The average molecular weight is 464 g/mol. The first-order valence-electron chi connectivity index (χ1n) is 11.2. The Hall–Kier alpha value is -2.94. The predicted molar refractivity (Wildman–Crippen MR) is 119 cm³/mol. The van der Waals surface area contributed by atoms with Crippen LogP contribution in [0.25, 0.3) is 0 Å². The minimum atomic E-state index is -1.32. The summed E-state index contributed by atoms with van der Waals surface area (Å²) in [5.41, 5.74) is 6.49. The number of esters is 3. The molecule has 0 saturated heterocycles. The number of carbonyl (C=O) groups excluding carboxylic acids is 3. The Labute approximate surface area is 193 Å². The van der Waals surface area contributed by atoms with Gasteiger partial charge in [-0.2, -0.15) is 0 Å². The summed E-state index contributed by atoms with van der Waals surface area (Å²) in [6.45, 7) is 5.88. The Morgan fingerprint density at radius 2 is 1.55 bits per heavy atom. The highest BCUT2D eigenvalue weighted by molar-refractivity contribution is 5.76. The number of aliphatic carboxylic acids is 1. The Morgan fingerprint density at radius 3 is 2.09 bits per heavy atom. The van der Waals surface area contributed by atoms with Crippen molar-refractivity contribution in [3.8, 4) is 11.5 Å². The van der Waals surface area contributed by atoms with E-state index in [1.54, 1.807) is 19.9 Å². The minimum absolute atomic E-state index is 0.0218. The Balaban J connectivity index is 2.34. The van der Waals surface area contributed by atoms with E-state index in [0.717, 1.165) is 32.1 Å². The van der Waals surface area contributed by atoms with E-state index in [1.165, 1.54) is 26.0 Å². The van der Waals surface area contributed by atoms with E-state index in [2.05, 4.69) is 0 Å². The quantitative estimate of drug-likeness (QED) is 0.417. The number of rotatable bonds is 9. The molecule has 4 atom stereocenters. The molecular weight excluding hydrogens is 430 g/mol. The molecule has 3 N–H and O–H groups in total. The maximum absolute atomic E-state index is 12.6. The van der Waals surface area contributed by atoms with Crippen LogP contribution in [0.3, 0.4) is 0 Å². The van der Waals surface area contributed by atoms with Crippen molar-refractivity contribution in [2.45, 2.75) is 77.9 Å². The van der Waals surface area contributed by atoms with E-state index in [4.69, 9.17) is 19.9 Å². The number of carbonyl (C=O) groups is 4. The fraction of sp³-hybridized carbons (Fsp3) is 0.583. The van der Waals surface area contributed by atoms with E-state index >= 15 is 0 Å². The summed E-state index contributed by atoms with van der Waals surface area (Å²) in [5.74, 6) is -4.15. The first-order chi connectivity index (χ1) is 15.5. The molecule has 1 aromatic carbocycles. The van der Waals surface area contributed by atoms with Gasteiger partial charge in [-0.25, -0.2) is 0 Å². The van der Waals surface area contributed by atoms with Gasteiger partial charge in [-0.3, -0.25) is 19.2 Å². The van der Waals surface area contributed by atoms with E-state index < -0.39 is 41.9 Å². The molecule has 182 valence electrons. The molecule has 1 fully saturated rings. The normalized spacial score (nSPS) is 17.8. The third-order valence-corrected chi connectivity index (χ3v) is 6.08. The van der Waals surface area contributed by atoms with Crippen LogP contribution in [0.5, 0.6) is 11.5 Å². The molecule has 0 aliphatic heterocycles. The van der Waals surface area contributed by atoms with E-state index in [9.17, 15) is 24.3 Å². The Morgan fingerprint density at radius 1 is 0.970 bits per heavy atom. The van der Waals surface area contributed by atoms with Gasteiger partial charge in [-0.15, -0.1) is 0 Å². The van der Waals surface area contributed by atoms with Crippen LogP contribution in [0.15, 0.2) is 18.2 Å². The average Bonchev–Trinajstić information content (AvgIpc) is 2.75. The molecule has 0 amide bonds. The van der Waals surface area contributed by atoms with Crippen LogP contribution in [0.1, 0.15) is 71.3 Å². The van der Waals surface area contributed by atoms with Gasteiger partial charge in [0.05, 0.1) is 5.92 Å². The number of benzene rings is 1. The van der Waals surface area contributed by atoms with Gasteiger partial charge in [0, 0.05) is 25.7 Å². The molecule has 3 unspecified atom stereocenters. The maximum atomic E-state index is 12.6. The molecule has 0 heterocycles. The summed E-state index contributed by atoms with van der Waals surface area (Å²) < 4.78 is 16.0. The van der Waals surface area contributed by atoms with Crippen LogP contribution in [-0.4, -0.2) is 41.1 Å². The van der Waals surface area contributed by atoms with E-state index in [0.29, 0.717) is 5.56 Å².